The van der Waals surface area contributed by atoms with Gasteiger partial charge in [-0.2, -0.15) is 22.8 Å². The summed E-state index contributed by atoms with van der Waals surface area (Å²) >= 11 is 0. The van der Waals surface area contributed by atoms with Crippen molar-refractivity contribution in [2.24, 2.45) is 41.4 Å². The molecule has 5 heterocycles. The molecule has 5 aliphatic heterocycles. The summed E-state index contributed by atoms with van der Waals surface area (Å²) < 4.78 is 0. The van der Waals surface area contributed by atoms with Crippen LogP contribution in [0.15, 0.2) is 83.7 Å². The first-order chi connectivity index (χ1) is 20.0. The van der Waals surface area contributed by atoms with E-state index in [0.29, 0.717) is 12.8 Å². The van der Waals surface area contributed by atoms with Gasteiger partial charge in [0.1, 0.15) is 0 Å². The zero-order valence-electron chi connectivity index (χ0n) is 25.3. The molecular formula is C34H42FeN4O4. The van der Waals surface area contributed by atoms with Crippen molar-refractivity contribution in [3.8, 4) is 0 Å². The molecule has 8 bridgehead atoms. The van der Waals surface area contributed by atoms with Crippen molar-refractivity contribution in [2.75, 3.05) is 0 Å². The number of aliphatic carboxylic acids is 2. The fourth-order valence-electron chi connectivity index (χ4n) is 7.30. The molecule has 10 atom stereocenters. The Balaban J connectivity index is 0.00000423. The SMILES string of the molecule is C=CC1C2C=C3[N-]C(=CC4=C(CCC(=O)O)C(C)C(=CC5[N-]C(C=C([N-]2)C1C)C(C=C)C5C)[N-]4)C(CCC(=O)O)C3C.[Fe+4]. The van der Waals surface area contributed by atoms with Crippen LogP contribution in [-0.2, 0) is 26.7 Å². The zero-order chi connectivity index (χ0) is 30.3. The van der Waals surface area contributed by atoms with E-state index in [4.69, 9.17) is 21.3 Å². The maximum Gasteiger partial charge on any atom is 4.00 e. The molecule has 230 valence electrons. The molecule has 0 aromatic carbocycles. The first-order valence-corrected chi connectivity index (χ1v) is 15.1. The van der Waals surface area contributed by atoms with E-state index in [0.717, 1.165) is 34.1 Å². The van der Waals surface area contributed by atoms with Crippen molar-refractivity contribution < 1.29 is 36.9 Å². The molecule has 3 saturated heterocycles. The molecule has 0 amide bonds. The Morgan fingerprint density at radius 1 is 0.814 bits per heavy atom. The minimum Gasteiger partial charge on any atom is -0.682 e. The number of rotatable bonds is 8. The number of fused-ring (bicyclic) bond motifs is 8. The Morgan fingerprint density at radius 2 is 1.47 bits per heavy atom. The summed E-state index contributed by atoms with van der Waals surface area (Å²) in [5.74, 6) is -1.16. The Labute approximate surface area is 266 Å². The second-order valence-corrected chi connectivity index (χ2v) is 12.4. The predicted molar refractivity (Wildman–Crippen MR) is 165 cm³/mol. The first kappa shape index (κ1) is 32.9. The van der Waals surface area contributed by atoms with Gasteiger partial charge >= 0.3 is 29.0 Å². The summed E-state index contributed by atoms with van der Waals surface area (Å²) in [6, 6.07) is -0.240. The smallest absolute Gasteiger partial charge is 0.682 e. The van der Waals surface area contributed by atoms with Gasteiger partial charge in [0, 0.05) is 12.8 Å². The molecule has 0 aromatic rings. The summed E-state index contributed by atoms with van der Waals surface area (Å²) in [6.45, 7) is 16.8. The van der Waals surface area contributed by atoms with Gasteiger partial charge in [-0.3, -0.25) is 9.59 Å². The number of carboxylic acids is 2. The van der Waals surface area contributed by atoms with Crippen LogP contribution in [0.3, 0.4) is 0 Å². The molecule has 8 nitrogen and oxygen atoms in total. The van der Waals surface area contributed by atoms with Crippen LogP contribution in [0.5, 0.6) is 0 Å². The van der Waals surface area contributed by atoms with Gasteiger partial charge in [-0.25, -0.2) is 0 Å². The zero-order valence-corrected chi connectivity index (χ0v) is 26.4. The number of hydrogen-bond acceptors (Lipinski definition) is 2. The van der Waals surface area contributed by atoms with Crippen molar-refractivity contribution in [3.05, 3.63) is 105 Å². The molecule has 9 heteroatoms. The Morgan fingerprint density at radius 3 is 2.12 bits per heavy atom. The molecular weight excluding hydrogens is 584 g/mol. The number of nitrogens with zero attached hydrogens (tertiary/aromatic N) is 4. The van der Waals surface area contributed by atoms with Crippen LogP contribution in [0.4, 0.5) is 0 Å². The van der Waals surface area contributed by atoms with Crippen molar-refractivity contribution in [2.45, 2.75) is 71.5 Å². The minimum atomic E-state index is -0.852. The fourth-order valence-corrected chi connectivity index (χ4v) is 7.30. The quantitative estimate of drug-likeness (QED) is 0.209. The minimum absolute atomic E-state index is 0. The fraction of sp³-hybridized carbons (Fsp3) is 0.529. The van der Waals surface area contributed by atoms with Crippen molar-refractivity contribution in [1.82, 2.24) is 0 Å². The average molecular weight is 627 g/mol. The number of carboxylic acid groups (broad SMARTS) is 2. The van der Waals surface area contributed by atoms with E-state index in [9.17, 15) is 19.8 Å². The third kappa shape index (κ3) is 6.45. The normalized spacial score (nSPS) is 36.2. The van der Waals surface area contributed by atoms with Crippen LogP contribution in [0, 0.1) is 41.4 Å². The Hall–Kier alpha value is -3.00. The van der Waals surface area contributed by atoms with E-state index < -0.39 is 11.9 Å². The van der Waals surface area contributed by atoms with Gasteiger partial charge in [0.25, 0.3) is 0 Å². The molecule has 43 heavy (non-hydrogen) atoms. The Bertz CT molecular complexity index is 1310. The molecule has 0 aliphatic carbocycles. The van der Waals surface area contributed by atoms with Crippen LogP contribution < -0.4 is 0 Å². The van der Waals surface area contributed by atoms with Crippen LogP contribution in [0.1, 0.15) is 53.4 Å². The van der Waals surface area contributed by atoms with Crippen molar-refractivity contribution in [1.29, 1.82) is 0 Å². The molecule has 0 saturated carbocycles. The summed E-state index contributed by atoms with van der Waals surface area (Å²) in [4.78, 5) is 23.1. The van der Waals surface area contributed by atoms with E-state index in [-0.39, 0.29) is 89.5 Å². The second-order valence-electron chi connectivity index (χ2n) is 12.4. The summed E-state index contributed by atoms with van der Waals surface area (Å²) in [6.07, 6.45) is 13.3. The Kier molecular flexibility index (Phi) is 10.2. The molecule has 10 unspecified atom stereocenters. The van der Waals surface area contributed by atoms with E-state index in [1.165, 1.54) is 0 Å². The van der Waals surface area contributed by atoms with Gasteiger partial charge in [-0.15, -0.1) is 49.2 Å². The van der Waals surface area contributed by atoms with Gasteiger partial charge in [-0.1, -0.05) is 63.5 Å². The van der Waals surface area contributed by atoms with Crippen molar-refractivity contribution >= 4 is 11.9 Å². The van der Waals surface area contributed by atoms with Crippen LogP contribution in [-0.4, -0.2) is 40.3 Å². The molecule has 2 N–H and O–H groups in total. The summed E-state index contributed by atoms with van der Waals surface area (Å²) in [7, 11) is 0. The van der Waals surface area contributed by atoms with Gasteiger partial charge in [0.05, 0.1) is 0 Å². The second kappa shape index (κ2) is 13.3. The molecule has 0 radical (unpaired) electrons. The largest absolute Gasteiger partial charge is 4.00 e. The topological polar surface area (TPSA) is 131 Å². The van der Waals surface area contributed by atoms with Crippen LogP contribution >= 0.6 is 0 Å². The molecule has 0 aromatic heterocycles. The average Bonchev–Trinajstić information content (AvgIpc) is 3.59. The third-order valence-corrected chi connectivity index (χ3v) is 10.0. The van der Waals surface area contributed by atoms with Gasteiger partial charge in [0.2, 0.25) is 0 Å². The van der Waals surface area contributed by atoms with Crippen LogP contribution in [0.2, 0.25) is 0 Å². The predicted octanol–water partition coefficient (Wildman–Crippen LogP) is 7.94. The molecule has 0 spiro atoms. The van der Waals surface area contributed by atoms with E-state index >= 15 is 0 Å². The maximum absolute atomic E-state index is 11.6. The molecule has 5 rings (SSSR count). The van der Waals surface area contributed by atoms with Crippen LogP contribution in [0.25, 0.3) is 21.3 Å². The van der Waals surface area contributed by atoms with Gasteiger partial charge in [0.15, 0.2) is 0 Å². The molecule has 3 fully saturated rings. The van der Waals surface area contributed by atoms with Gasteiger partial charge in [-0.05, 0) is 48.3 Å². The van der Waals surface area contributed by atoms with Gasteiger partial charge < -0.3 is 31.5 Å². The van der Waals surface area contributed by atoms with E-state index in [1.807, 2.05) is 18.2 Å². The summed E-state index contributed by atoms with van der Waals surface area (Å²) in [5, 5.41) is 39.5. The van der Waals surface area contributed by atoms with E-state index in [2.05, 4.69) is 59.1 Å². The van der Waals surface area contributed by atoms with Crippen molar-refractivity contribution in [3.63, 3.8) is 0 Å². The summed E-state index contributed by atoms with van der Waals surface area (Å²) in [5.41, 5.74) is 5.32. The van der Waals surface area contributed by atoms with E-state index in [1.54, 1.807) is 0 Å². The standard InChI is InChI=1S/C34H42N4O4.Fe/c1-7-21-17(3)25-13-26-19(5)23(9-11-33(39)40)31(37-26)16-32-24(10-12-34(41)42)20(6)28(38-32)15-30-22(8-2)18(4)27(36-30)14-29(21)35-25;/h7-8,13-22,24-25,29-30H,1-2,9-12H2,3-6H3,(H,39,40)(H,41,42);/q-4;+4. The third-order valence-electron chi connectivity index (χ3n) is 10.0. The number of allylic oxidation sites excluding steroid dienone is 5. The first-order valence-electron chi connectivity index (χ1n) is 15.1. The number of hydrogen-bond donors (Lipinski definition) is 2. The maximum atomic E-state index is 11.6. The molecule has 5 aliphatic rings. The number of carbonyl (C=O) groups is 2. The monoisotopic (exact) mass is 626 g/mol.